The largest absolute Gasteiger partial charge is 0.422 e. The van der Waals surface area contributed by atoms with Crippen LogP contribution in [0.3, 0.4) is 0 Å². The number of hydrogen-bond donors (Lipinski definition) is 1. The number of ether oxygens (including phenoxy) is 1. The Morgan fingerprint density at radius 2 is 1.82 bits per heavy atom. The fourth-order valence-electron chi connectivity index (χ4n) is 5.83. The molecule has 0 bridgehead atoms. The topological polar surface area (TPSA) is 56.2 Å². The zero-order valence-electron chi connectivity index (χ0n) is 24.2. The van der Waals surface area contributed by atoms with Crippen molar-refractivity contribution in [2.24, 2.45) is 4.99 Å². The summed E-state index contributed by atoms with van der Waals surface area (Å²) < 4.78 is 32.9. The van der Waals surface area contributed by atoms with E-state index >= 15 is 0 Å². The fourth-order valence-corrected chi connectivity index (χ4v) is 5.83. The van der Waals surface area contributed by atoms with Crippen LogP contribution in [0.1, 0.15) is 50.1 Å². The first kappa shape index (κ1) is 29.5. The summed E-state index contributed by atoms with van der Waals surface area (Å²) in [7, 11) is 1.69. The molecule has 0 saturated carbocycles. The smallest absolute Gasteiger partial charge is 0.242 e. The second-order valence-corrected chi connectivity index (χ2v) is 10.4. The Morgan fingerprint density at radius 1 is 1.07 bits per heavy atom. The molecule has 1 aromatic carbocycles. The Labute approximate surface area is 237 Å². The predicted molar refractivity (Wildman–Crippen MR) is 158 cm³/mol. The van der Waals surface area contributed by atoms with Gasteiger partial charge in [-0.15, -0.1) is 0 Å². The number of nitrogens with one attached hydrogen (secondary N) is 1. The highest BCUT2D eigenvalue weighted by molar-refractivity contribution is 5.93. The minimum atomic E-state index is -0.834. The van der Waals surface area contributed by atoms with E-state index in [1.165, 1.54) is 12.1 Å². The minimum Gasteiger partial charge on any atom is -0.422 e. The third kappa shape index (κ3) is 6.63. The molecule has 216 valence electrons. The SMILES string of the molecule is C=C(NCC)O/C(=N\C)c1ccc(N2CCN(C3CCN(C(=C)c4ccc(F)c(F)c4)CC3)[C@@H](CC)C2)c(C)n1. The Balaban J connectivity index is 1.36. The summed E-state index contributed by atoms with van der Waals surface area (Å²) in [4.78, 5) is 16.4. The number of piperazine rings is 1. The van der Waals surface area contributed by atoms with E-state index in [-0.39, 0.29) is 0 Å². The van der Waals surface area contributed by atoms with Crippen molar-refractivity contribution in [2.45, 2.75) is 52.1 Å². The van der Waals surface area contributed by atoms with E-state index in [0.29, 0.717) is 35.1 Å². The fraction of sp³-hybridized carbons (Fsp3) is 0.484. The lowest BCUT2D eigenvalue weighted by Crippen LogP contribution is -2.58. The number of rotatable bonds is 9. The molecule has 7 nitrogen and oxygen atoms in total. The van der Waals surface area contributed by atoms with Gasteiger partial charge in [0.25, 0.3) is 0 Å². The van der Waals surface area contributed by atoms with E-state index in [4.69, 9.17) is 9.72 Å². The van der Waals surface area contributed by atoms with Crippen molar-refractivity contribution >= 4 is 17.3 Å². The summed E-state index contributed by atoms with van der Waals surface area (Å²) in [6.07, 6.45) is 3.10. The van der Waals surface area contributed by atoms with Gasteiger partial charge in [0.1, 0.15) is 5.69 Å². The average molecular weight is 553 g/mol. The first-order valence-corrected chi connectivity index (χ1v) is 14.2. The van der Waals surface area contributed by atoms with Crippen LogP contribution in [0.25, 0.3) is 5.70 Å². The Bertz CT molecular complexity index is 1240. The van der Waals surface area contributed by atoms with Crippen LogP contribution in [0.5, 0.6) is 0 Å². The summed E-state index contributed by atoms with van der Waals surface area (Å²) in [6.45, 7) is 19.6. The highest BCUT2D eigenvalue weighted by Gasteiger charge is 2.34. The molecule has 0 unspecified atom stereocenters. The van der Waals surface area contributed by atoms with Crippen molar-refractivity contribution in [3.8, 4) is 0 Å². The first-order valence-electron chi connectivity index (χ1n) is 14.2. The van der Waals surface area contributed by atoms with E-state index < -0.39 is 11.6 Å². The second kappa shape index (κ2) is 13.3. The zero-order chi connectivity index (χ0) is 28.8. The molecule has 2 fully saturated rings. The summed E-state index contributed by atoms with van der Waals surface area (Å²) in [6, 6.07) is 9.03. The minimum absolute atomic E-state index is 0.440. The number of likely N-dealkylation sites (tertiary alicyclic amines) is 1. The molecular formula is C31H42F2N6O. The number of pyridine rings is 1. The van der Waals surface area contributed by atoms with Crippen LogP contribution in [0.4, 0.5) is 14.5 Å². The van der Waals surface area contributed by atoms with Crippen molar-refractivity contribution in [1.29, 1.82) is 0 Å². The van der Waals surface area contributed by atoms with E-state index in [1.54, 1.807) is 13.1 Å². The van der Waals surface area contributed by atoms with Crippen LogP contribution in [0.15, 0.2) is 54.4 Å². The third-order valence-corrected chi connectivity index (χ3v) is 7.98. The number of piperidine rings is 1. The summed E-state index contributed by atoms with van der Waals surface area (Å²) in [5.74, 6) is -0.773. The lowest BCUT2D eigenvalue weighted by atomic mass is 9.97. The number of aliphatic imine (C=N–C) groups is 1. The Kier molecular flexibility index (Phi) is 9.79. The number of aromatic nitrogens is 1. The number of nitrogens with zero attached hydrogens (tertiary/aromatic N) is 5. The maximum atomic E-state index is 13.8. The van der Waals surface area contributed by atoms with Gasteiger partial charge >= 0.3 is 0 Å². The summed E-state index contributed by atoms with van der Waals surface area (Å²) >= 11 is 0. The molecule has 4 rings (SSSR count). The quantitative estimate of drug-likeness (QED) is 0.263. The highest BCUT2D eigenvalue weighted by Crippen LogP contribution is 2.30. The maximum absolute atomic E-state index is 13.8. The van der Waals surface area contributed by atoms with Crippen molar-refractivity contribution in [3.05, 3.63) is 78.0 Å². The molecule has 2 saturated heterocycles. The highest BCUT2D eigenvalue weighted by atomic mass is 19.2. The number of anilines is 1. The molecule has 2 aliphatic heterocycles. The first-order chi connectivity index (χ1) is 19.2. The van der Waals surface area contributed by atoms with Crippen LogP contribution < -0.4 is 10.2 Å². The van der Waals surface area contributed by atoms with Gasteiger partial charge in [-0.05, 0) is 70.0 Å². The van der Waals surface area contributed by atoms with Gasteiger partial charge in [-0.2, -0.15) is 0 Å². The van der Waals surface area contributed by atoms with Crippen LogP contribution in [-0.2, 0) is 4.74 Å². The van der Waals surface area contributed by atoms with Crippen molar-refractivity contribution in [2.75, 3.05) is 51.2 Å². The average Bonchev–Trinajstić information content (AvgIpc) is 2.97. The van der Waals surface area contributed by atoms with Gasteiger partial charge in [0, 0.05) is 69.7 Å². The summed E-state index contributed by atoms with van der Waals surface area (Å²) in [5, 5.41) is 3.05. The van der Waals surface area contributed by atoms with Crippen LogP contribution >= 0.6 is 0 Å². The van der Waals surface area contributed by atoms with Crippen molar-refractivity contribution in [3.63, 3.8) is 0 Å². The summed E-state index contributed by atoms with van der Waals surface area (Å²) in [5.41, 5.74) is 4.17. The van der Waals surface area contributed by atoms with Crippen molar-refractivity contribution in [1.82, 2.24) is 20.1 Å². The molecule has 1 atom stereocenters. The molecule has 9 heteroatoms. The molecule has 2 aromatic rings. The van der Waals surface area contributed by atoms with Gasteiger partial charge in [-0.25, -0.2) is 13.8 Å². The molecule has 0 amide bonds. The van der Waals surface area contributed by atoms with E-state index in [2.05, 4.69) is 51.2 Å². The van der Waals surface area contributed by atoms with E-state index in [0.717, 1.165) is 75.6 Å². The van der Waals surface area contributed by atoms with Gasteiger partial charge in [0.05, 0.1) is 11.4 Å². The van der Waals surface area contributed by atoms with Gasteiger partial charge < -0.3 is 19.9 Å². The van der Waals surface area contributed by atoms with E-state index in [9.17, 15) is 8.78 Å². The zero-order valence-corrected chi connectivity index (χ0v) is 24.2. The van der Waals surface area contributed by atoms with Gasteiger partial charge in [-0.1, -0.05) is 13.5 Å². The van der Waals surface area contributed by atoms with Crippen LogP contribution in [0.2, 0.25) is 0 Å². The van der Waals surface area contributed by atoms with Gasteiger partial charge in [-0.3, -0.25) is 9.89 Å². The molecule has 1 aromatic heterocycles. The maximum Gasteiger partial charge on any atom is 0.242 e. The Hall–Kier alpha value is -3.46. The normalized spacial score (nSPS) is 19.1. The number of hydrogen-bond acceptors (Lipinski definition) is 7. The number of benzene rings is 1. The van der Waals surface area contributed by atoms with Crippen LogP contribution in [-0.4, -0.2) is 79.1 Å². The van der Waals surface area contributed by atoms with Gasteiger partial charge in [0.15, 0.2) is 17.5 Å². The molecule has 0 aliphatic carbocycles. The number of halogens is 2. The molecule has 3 heterocycles. The molecular weight excluding hydrogens is 510 g/mol. The molecule has 0 spiro atoms. The molecule has 1 N–H and O–H groups in total. The Morgan fingerprint density at radius 3 is 2.45 bits per heavy atom. The van der Waals surface area contributed by atoms with Gasteiger partial charge in [0.2, 0.25) is 5.90 Å². The standard InChI is InChI=1S/C31H42F2N6O/c1-7-25-20-38(30-12-11-29(36-21(30)3)31(34-6)40-23(5)35-8-2)17-18-39(25)26-13-15-37(16-14-26)22(4)24-9-10-27(32)28(33)19-24/h9-12,19,25-26,35H,4-5,7-8,13-18,20H2,1-3,6H3/b34-31-/t25-/m0/s1. The predicted octanol–water partition coefficient (Wildman–Crippen LogP) is 5.18. The van der Waals surface area contributed by atoms with Crippen molar-refractivity contribution < 1.29 is 13.5 Å². The number of aryl methyl sites for hydroxylation is 1. The lowest BCUT2D eigenvalue weighted by molar-refractivity contribution is 0.0768. The third-order valence-electron chi connectivity index (χ3n) is 7.98. The molecule has 2 aliphatic rings. The van der Waals surface area contributed by atoms with E-state index in [1.807, 2.05) is 19.9 Å². The van der Waals surface area contributed by atoms with Crippen LogP contribution in [0, 0.1) is 18.6 Å². The monoisotopic (exact) mass is 552 g/mol. The molecule has 40 heavy (non-hydrogen) atoms. The lowest BCUT2D eigenvalue weighted by Gasteiger charge is -2.48. The molecule has 0 radical (unpaired) electrons. The second-order valence-electron chi connectivity index (χ2n) is 10.4.